The summed E-state index contributed by atoms with van der Waals surface area (Å²) in [6.07, 6.45) is 1.38. The van der Waals surface area contributed by atoms with Crippen molar-refractivity contribution < 1.29 is 8.42 Å². The summed E-state index contributed by atoms with van der Waals surface area (Å²) in [6, 6.07) is 0.0409. The van der Waals surface area contributed by atoms with Crippen LogP contribution in [0, 0.1) is 0 Å². The first-order chi connectivity index (χ1) is 6.52. The van der Waals surface area contributed by atoms with Gasteiger partial charge in [-0.2, -0.15) is 0 Å². The van der Waals surface area contributed by atoms with E-state index in [1.165, 1.54) is 4.68 Å². The van der Waals surface area contributed by atoms with Crippen LogP contribution in [0.5, 0.6) is 0 Å². The lowest BCUT2D eigenvalue weighted by atomic mass is 10.2. The Morgan fingerprint density at radius 1 is 1.43 bits per heavy atom. The maximum atomic E-state index is 11.8. The molecule has 0 saturated heterocycles. The summed E-state index contributed by atoms with van der Waals surface area (Å²) in [5, 5.41) is 8.12. The fourth-order valence-electron chi connectivity index (χ4n) is 1.66. The normalized spacial score (nSPS) is 19.6. The van der Waals surface area contributed by atoms with Crippen LogP contribution in [-0.2, 0) is 16.3 Å². The van der Waals surface area contributed by atoms with Gasteiger partial charge in [0.25, 0.3) is 0 Å². The summed E-state index contributed by atoms with van der Waals surface area (Å²) in [5.74, 6) is 0.222. The molecule has 1 aliphatic heterocycles. The van der Waals surface area contributed by atoms with Gasteiger partial charge >= 0.3 is 0 Å². The second kappa shape index (κ2) is 3.05. The molecule has 1 aromatic rings. The third-order valence-corrected chi connectivity index (χ3v) is 4.17. The lowest BCUT2D eigenvalue weighted by Gasteiger charge is -2.14. The highest BCUT2D eigenvalue weighted by atomic mass is 32.2. The molecule has 0 spiro atoms. The first kappa shape index (κ1) is 9.64. The third-order valence-electron chi connectivity index (χ3n) is 2.33. The van der Waals surface area contributed by atoms with E-state index in [4.69, 9.17) is 0 Å². The molecule has 0 amide bonds. The van der Waals surface area contributed by atoms with Gasteiger partial charge in [-0.1, -0.05) is 5.21 Å². The van der Waals surface area contributed by atoms with Gasteiger partial charge in [-0.15, -0.1) is 5.10 Å². The van der Waals surface area contributed by atoms with Gasteiger partial charge < -0.3 is 0 Å². The average molecular weight is 215 g/mol. The summed E-state index contributed by atoms with van der Waals surface area (Å²) in [5.41, 5.74) is 0.630. The molecule has 0 saturated carbocycles. The molecule has 6 heteroatoms. The second-order valence-electron chi connectivity index (χ2n) is 3.80. The maximum Gasteiger partial charge on any atom is 0.197 e. The van der Waals surface area contributed by atoms with E-state index in [9.17, 15) is 8.42 Å². The summed E-state index contributed by atoms with van der Waals surface area (Å²) in [4.78, 5) is 0. The van der Waals surface area contributed by atoms with Crippen molar-refractivity contribution in [3.05, 3.63) is 5.69 Å². The van der Waals surface area contributed by atoms with Crippen LogP contribution >= 0.6 is 0 Å². The van der Waals surface area contributed by atoms with Crippen LogP contribution in [0.2, 0.25) is 0 Å². The van der Waals surface area contributed by atoms with Gasteiger partial charge in [0.1, 0.15) is 5.69 Å². The molecule has 5 nitrogen and oxygen atoms in total. The van der Waals surface area contributed by atoms with Gasteiger partial charge in [-0.05, 0) is 26.7 Å². The summed E-state index contributed by atoms with van der Waals surface area (Å²) < 4.78 is 25.0. The Hall–Kier alpha value is -0.910. The molecule has 0 unspecified atom stereocenters. The SMILES string of the molecule is CC(C)n1nnc2c1S(=O)(=O)CCC2. The highest BCUT2D eigenvalue weighted by Crippen LogP contribution is 2.24. The highest BCUT2D eigenvalue weighted by molar-refractivity contribution is 7.91. The zero-order valence-electron chi connectivity index (χ0n) is 8.27. The molecule has 0 bridgehead atoms. The van der Waals surface area contributed by atoms with Crippen LogP contribution in [0.25, 0.3) is 0 Å². The summed E-state index contributed by atoms with van der Waals surface area (Å²) in [6.45, 7) is 3.80. The Balaban J connectivity index is 2.65. The van der Waals surface area contributed by atoms with E-state index in [0.717, 1.165) is 6.42 Å². The molecule has 0 atom stereocenters. The Morgan fingerprint density at radius 2 is 2.14 bits per heavy atom. The average Bonchev–Trinajstić information content (AvgIpc) is 2.48. The van der Waals surface area contributed by atoms with Crippen LogP contribution in [-0.4, -0.2) is 29.2 Å². The lowest BCUT2D eigenvalue weighted by Crippen LogP contribution is -2.20. The first-order valence-electron chi connectivity index (χ1n) is 4.69. The molecule has 2 rings (SSSR count). The van der Waals surface area contributed by atoms with Gasteiger partial charge in [-0.25, -0.2) is 13.1 Å². The van der Waals surface area contributed by atoms with Gasteiger partial charge in [-0.3, -0.25) is 0 Å². The summed E-state index contributed by atoms with van der Waals surface area (Å²) in [7, 11) is -3.14. The van der Waals surface area contributed by atoms with E-state index in [-0.39, 0.29) is 11.8 Å². The van der Waals surface area contributed by atoms with Crippen LogP contribution in [0.4, 0.5) is 0 Å². The van der Waals surface area contributed by atoms with Gasteiger partial charge in [0.15, 0.2) is 14.9 Å². The molecule has 0 aromatic carbocycles. The zero-order valence-corrected chi connectivity index (χ0v) is 9.08. The Morgan fingerprint density at radius 3 is 2.79 bits per heavy atom. The fraction of sp³-hybridized carbons (Fsp3) is 0.750. The number of hydrogen-bond acceptors (Lipinski definition) is 4. The molecule has 0 N–H and O–H groups in total. The molecule has 0 aliphatic carbocycles. The number of aromatic nitrogens is 3. The van der Waals surface area contributed by atoms with Crippen LogP contribution in [0.1, 0.15) is 32.0 Å². The van der Waals surface area contributed by atoms with Crippen molar-refractivity contribution in [3.8, 4) is 0 Å². The molecule has 0 fully saturated rings. The second-order valence-corrected chi connectivity index (χ2v) is 5.83. The Labute approximate surface area is 83.0 Å². The molecule has 14 heavy (non-hydrogen) atoms. The predicted octanol–water partition coefficient (Wildman–Crippen LogP) is 0.579. The first-order valence-corrected chi connectivity index (χ1v) is 6.34. The van der Waals surface area contributed by atoms with E-state index < -0.39 is 9.84 Å². The van der Waals surface area contributed by atoms with Crippen molar-refractivity contribution in [2.24, 2.45) is 0 Å². The van der Waals surface area contributed by atoms with Crippen molar-refractivity contribution in [2.45, 2.75) is 37.8 Å². The topological polar surface area (TPSA) is 64.8 Å². The van der Waals surface area contributed by atoms with Gasteiger partial charge in [0.2, 0.25) is 0 Å². The van der Waals surface area contributed by atoms with Crippen LogP contribution < -0.4 is 0 Å². The quantitative estimate of drug-likeness (QED) is 0.687. The lowest BCUT2D eigenvalue weighted by molar-refractivity contribution is 0.464. The Bertz CT molecular complexity index is 447. The van der Waals surface area contributed by atoms with E-state index in [1.54, 1.807) is 0 Å². The van der Waals surface area contributed by atoms with Gasteiger partial charge in [0.05, 0.1) is 5.75 Å². The van der Waals surface area contributed by atoms with Crippen molar-refractivity contribution in [2.75, 3.05) is 5.75 Å². The number of rotatable bonds is 1. The van der Waals surface area contributed by atoms with Crippen LogP contribution in [0.15, 0.2) is 5.03 Å². The highest BCUT2D eigenvalue weighted by Gasteiger charge is 2.30. The molecule has 78 valence electrons. The van der Waals surface area contributed by atoms with E-state index in [0.29, 0.717) is 17.1 Å². The largest absolute Gasteiger partial charge is 0.231 e. The minimum atomic E-state index is -3.14. The van der Waals surface area contributed by atoms with Crippen molar-refractivity contribution >= 4 is 9.84 Å². The molecule has 1 aromatic heterocycles. The molecule has 0 radical (unpaired) electrons. The molecular formula is C8H13N3O2S. The minimum Gasteiger partial charge on any atom is -0.231 e. The monoisotopic (exact) mass is 215 g/mol. The van der Waals surface area contributed by atoms with E-state index in [1.807, 2.05) is 13.8 Å². The van der Waals surface area contributed by atoms with Crippen molar-refractivity contribution in [1.29, 1.82) is 0 Å². The van der Waals surface area contributed by atoms with Crippen molar-refractivity contribution in [1.82, 2.24) is 15.0 Å². The molecule has 2 heterocycles. The smallest absolute Gasteiger partial charge is 0.197 e. The van der Waals surface area contributed by atoms with E-state index in [2.05, 4.69) is 10.3 Å². The fourth-order valence-corrected chi connectivity index (χ4v) is 3.41. The minimum absolute atomic E-state index is 0.0409. The number of fused-ring (bicyclic) bond motifs is 1. The van der Waals surface area contributed by atoms with Crippen molar-refractivity contribution in [3.63, 3.8) is 0 Å². The maximum absolute atomic E-state index is 11.8. The Kier molecular flexibility index (Phi) is 2.10. The molecular weight excluding hydrogens is 202 g/mol. The number of sulfone groups is 1. The standard InChI is InChI=1S/C8H13N3O2S/c1-6(2)11-8-7(9-10-11)4-3-5-14(8,12)13/h6H,3-5H2,1-2H3. The number of hydrogen-bond donors (Lipinski definition) is 0. The molecule has 1 aliphatic rings. The number of nitrogens with zero attached hydrogens (tertiary/aromatic N) is 3. The zero-order chi connectivity index (χ0) is 10.3. The summed E-state index contributed by atoms with van der Waals surface area (Å²) >= 11 is 0. The van der Waals surface area contributed by atoms with Gasteiger partial charge in [0, 0.05) is 6.04 Å². The predicted molar refractivity (Wildman–Crippen MR) is 50.8 cm³/mol. The number of aryl methyl sites for hydroxylation is 1. The third kappa shape index (κ3) is 1.33. The van der Waals surface area contributed by atoms with E-state index >= 15 is 0 Å². The van der Waals surface area contributed by atoms with Crippen LogP contribution in [0.3, 0.4) is 0 Å².